The molecule has 4 fully saturated rings. The maximum absolute atomic E-state index is 13.2. The van der Waals surface area contributed by atoms with Crippen LogP contribution in [0, 0.1) is 17.8 Å². The van der Waals surface area contributed by atoms with Gasteiger partial charge in [0.05, 0.1) is 12.8 Å². The molecule has 0 spiro atoms. The first-order chi connectivity index (χ1) is 13.6. The fourth-order valence-electron chi connectivity index (χ4n) is 6.24. The second kappa shape index (κ2) is 6.94. The Morgan fingerprint density at radius 3 is 2.43 bits per heavy atom. The van der Waals surface area contributed by atoms with Gasteiger partial charge in [0.1, 0.15) is 5.56 Å². The number of aromatic nitrogens is 2. The van der Waals surface area contributed by atoms with Gasteiger partial charge in [0.15, 0.2) is 0 Å². The monoisotopic (exact) mass is 379 g/mol. The van der Waals surface area contributed by atoms with Crippen LogP contribution in [0.1, 0.15) is 54.4 Å². The van der Waals surface area contributed by atoms with Gasteiger partial charge in [-0.2, -0.15) is 5.10 Å². The average Bonchev–Trinajstić information content (AvgIpc) is 3.02. The highest BCUT2D eigenvalue weighted by molar-refractivity contribution is 5.96. The minimum absolute atomic E-state index is 0.00296. The van der Waals surface area contributed by atoms with Gasteiger partial charge >= 0.3 is 0 Å². The number of aryl methyl sites for hydroxylation is 1. The van der Waals surface area contributed by atoms with E-state index in [-0.39, 0.29) is 11.4 Å². The third kappa shape index (κ3) is 3.31. The molecule has 0 radical (unpaired) electrons. The van der Waals surface area contributed by atoms with E-state index in [4.69, 9.17) is 4.74 Å². The molecule has 4 aliphatic carbocycles. The highest BCUT2D eigenvalue weighted by Crippen LogP contribution is 2.55. The van der Waals surface area contributed by atoms with E-state index in [1.54, 1.807) is 10.9 Å². The number of nitrogens with zero attached hydrogens (tertiary/aromatic N) is 2. The summed E-state index contributed by atoms with van der Waals surface area (Å²) >= 11 is 0. The number of benzene rings is 1. The van der Waals surface area contributed by atoms with Crippen molar-refractivity contribution in [2.45, 2.75) is 50.5 Å². The van der Waals surface area contributed by atoms with Crippen LogP contribution in [0.3, 0.4) is 0 Å². The summed E-state index contributed by atoms with van der Waals surface area (Å²) in [4.78, 5) is 13.2. The van der Waals surface area contributed by atoms with Gasteiger partial charge < -0.3 is 10.1 Å². The van der Waals surface area contributed by atoms with Crippen molar-refractivity contribution in [3.05, 3.63) is 47.7 Å². The van der Waals surface area contributed by atoms with Crippen LogP contribution in [0.4, 0.5) is 0 Å². The first-order valence-corrected chi connectivity index (χ1v) is 10.6. The molecule has 4 aliphatic rings. The summed E-state index contributed by atoms with van der Waals surface area (Å²) in [6, 6.07) is 10.3. The van der Waals surface area contributed by atoms with E-state index >= 15 is 0 Å². The summed E-state index contributed by atoms with van der Waals surface area (Å²) in [5.41, 5.74) is 1.79. The maximum atomic E-state index is 13.2. The summed E-state index contributed by atoms with van der Waals surface area (Å²) in [7, 11) is 1.83. The highest BCUT2D eigenvalue weighted by Gasteiger charge is 2.51. The molecule has 5 heteroatoms. The van der Waals surface area contributed by atoms with Crippen molar-refractivity contribution in [3.8, 4) is 5.88 Å². The normalized spacial score (nSPS) is 30.4. The van der Waals surface area contributed by atoms with E-state index in [0.717, 1.165) is 43.4 Å². The van der Waals surface area contributed by atoms with E-state index in [9.17, 15) is 4.79 Å². The molecule has 1 heterocycles. The van der Waals surface area contributed by atoms with Crippen molar-refractivity contribution in [2.24, 2.45) is 24.8 Å². The van der Waals surface area contributed by atoms with Crippen LogP contribution in [0.5, 0.6) is 5.88 Å². The Morgan fingerprint density at radius 2 is 1.79 bits per heavy atom. The molecule has 6 rings (SSSR count). The minimum Gasteiger partial charge on any atom is -0.477 e. The molecular formula is C23H29N3O2. The quantitative estimate of drug-likeness (QED) is 0.832. The SMILES string of the molecule is Cn1ncc(C(=O)NC23CC4CC(CC(C4)C2)C3)c1OCCc1ccccc1. The molecule has 0 unspecified atom stereocenters. The Kier molecular flexibility index (Phi) is 4.41. The Morgan fingerprint density at radius 1 is 1.14 bits per heavy atom. The Bertz CT molecular complexity index is 823. The van der Waals surface area contributed by atoms with Crippen molar-refractivity contribution in [1.29, 1.82) is 0 Å². The standard InChI is InChI=1S/C23H29N3O2/c1-26-22(28-8-7-16-5-3-2-4-6-16)20(15-24-26)21(27)25-23-12-17-9-18(13-23)11-19(10-17)14-23/h2-6,15,17-19H,7-14H2,1H3,(H,25,27). The number of hydrogen-bond donors (Lipinski definition) is 1. The first-order valence-electron chi connectivity index (χ1n) is 10.6. The van der Waals surface area contributed by atoms with E-state index < -0.39 is 0 Å². The molecule has 1 N–H and O–H groups in total. The van der Waals surface area contributed by atoms with Gasteiger partial charge in [-0.15, -0.1) is 0 Å². The summed E-state index contributed by atoms with van der Waals surface area (Å²) in [6.45, 7) is 0.529. The molecule has 4 saturated carbocycles. The maximum Gasteiger partial charge on any atom is 0.258 e. The lowest BCUT2D eigenvalue weighted by Crippen LogP contribution is -2.59. The van der Waals surface area contributed by atoms with Crippen molar-refractivity contribution < 1.29 is 9.53 Å². The zero-order valence-corrected chi connectivity index (χ0v) is 16.6. The smallest absolute Gasteiger partial charge is 0.258 e. The topological polar surface area (TPSA) is 56.2 Å². The number of carbonyl (C=O) groups excluding carboxylic acids is 1. The van der Waals surface area contributed by atoms with Crippen LogP contribution in [0.2, 0.25) is 0 Å². The molecular weight excluding hydrogens is 350 g/mol. The van der Waals surface area contributed by atoms with E-state index in [1.165, 1.54) is 24.8 Å². The minimum atomic E-state index is -0.0234. The van der Waals surface area contributed by atoms with Gasteiger partial charge in [-0.05, 0) is 61.8 Å². The second-order valence-corrected chi connectivity index (χ2v) is 9.22. The molecule has 4 bridgehead atoms. The van der Waals surface area contributed by atoms with Crippen LogP contribution in [-0.4, -0.2) is 27.8 Å². The predicted molar refractivity (Wildman–Crippen MR) is 107 cm³/mol. The fraction of sp³-hybridized carbons (Fsp3) is 0.565. The number of amides is 1. The summed E-state index contributed by atoms with van der Waals surface area (Å²) < 4.78 is 7.66. The molecule has 28 heavy (non-hydrogen) atoms. The molecule has 1 aromatic carbocycles. The highest BCUT2D eigenvalue weighted by atomic mass is 16.5. The van der Waals surface area contributed by atoms with Gasteiger partial charge in [0.2, 0.25) is 5.88 Å². The third-order valence-corrected chi connectivity index (χ3v) is 7.02. The van der Waals surface area contributed by atoms with Crippen LogP contribution in [0.25, 0.3) is 0 Å². The van der Waals surface area contributed by atoms with E-state index in [2.05, 4.69) is 22.5 Å². The number of hydrogen-bond acceptors (Lipinski definition) is 3. The number of rotatable bonds is 6. The van der Waals surface area contributed by atoms with Gasteiger partial charge in [0.25, 0.3) is 5.91 Å². The Labute approximate surface area is 166 Å². The number of carbonyl (C=O) groups is 1. The fourth-order valence-corrected chi connectivity index (χ4v) is 6.24. The zero-order valence-electron chi connectivity index (χ0n) is 16.6. The Hall–Kier alpha value is -2.30. The number of nitrogens with one attached hydrogen (secondary N) is 1. The van der Waals surface area contributed by atoms with E-state index in [1.807, 2.05) is 25.2 Å². The number of ether oxygens (including phenoxy) is 1. The van der Waals surface area contributed by atoms with Crippen molar-refractivity contribution in [1.82, 2.24) is 15.1 Å². The molecule has 0 atom stereocenters. The van der Waals surface area contributed by atoms with Crippen LogP contribution in [0.15, 0.2) is 36.5 Å². The third-order valence-electron chi connectivity index (χ3n) is 7.02. The molecule has 1 amide bonds. The van der Waals surface area contributed by atoms with Crippen LogP contribution < -0.4 is 10.1 Å². The first kappa shape index (κ1) is 17.8. The molecule has 0 saturated heterocycles. The lowest BCUT2D eigenvalue weighted by atomic mass is 9.53. The molecule has 1 aromatic heterocycles. The lowest BCUT2D eigenvalue weighted by molar-refractivity contribution is -0.0167. The molecule has 148 valence electrons. The average molecular weight is 380 g/mol. The van der Waals surface area contributed by atoms with Gasteiger partial charge in [-0.3, -0.25) is 4.79 Å². The summed E-state index contributed by atoms with van der Waals surface area (Å²) in [5.74, 6) is 2.97. The largest absolute Gasteiger partial charge is 0.477 e. The van der Waals surface area contributed by atoms with Crippen molar-refractivity contribution >= 4 is 5.91 Å². The zero-order chi connectivity index (χ0) is 19.1. The summed E-state index contributed by atoms with van der Waals surface area (Å²) in [6.07, 6.45) is 10.0. The molecule has 0 aliphatic heterocycles. The molecule has 5 nitrogen and oxygen atoms in total. The van der Waals surface area contributed by atoms with Gasteiger partial charge in [0, 0.05) is 19.0 Å². The van der Waals surface area contributed by atoms with Crippen molar-refractivity contribution in [2.75, 3.05) is 6.61 Å². The van der Waals surface area contributed by atoms with Gasteiger partial charge in [-0.25, -0.2) is 4.68 Å². The van der Waals surface area contributed by atoms with Gasteiger partial charge in [-0.1, -0.05) is 30.3 Å². The lowest BCUT2D eigenvalue weighted by Gasteiger charge is -2.56. The van der Waals surface area contributed by atoms with E-state index in [0.29, 0.717) is 18.1 Å². The molecule has 2 aromatic rings. The second-order valence-electron chi connectivity index (χ2n) is 9.22. The predicted octanol–water partition coefficient (Wildman–Crippen LogP) is 3.74. The Balaban J connectivity index is 1.27. The van der Waals surface area contributed by atoms with Crippen LogP contribution in [-0.2, 0) is 13.5 Å². The summed E-state index contributed by atoms with van der Waals surface area (Å²) in [5, 5.41) is 7.72. The van der Waals surface area contributed by atoms with Crippen LogP contribution >= 0.6 is 0 Å². The van der Waals surface area contributed by atoms with Crippen molar-refractivity contribution in [3.63, 3.8) is 0 Å².